The highest BCUT2D eigenvalue weighted by molar-refractivity contribution is 5.93. The standard InChI is InChI=1S/C15H21N3O3/c1-21-10-15(20)18-13-4-2-12(3-5-13)17-14(19)8-11-6-7-16-9-11/h2-5,11,16H,6-10H2,1H3,(H,17,19)(H,18,20). The first-order chi connectivity index (χ1) is 10.2. The number of carbonyl (C=O) groups is 2. The fourth-order valence-electron chi connectivity index (χ4n) is 2.33. The van der Waals surface area contributed by atoms with Crippen molar-refractivity contribution in [3.05, 3.63) is 24.3 Å². The van der Waals surface area contributed by atoms with Crippen molar-refractivity contribution in [3.8, 4) is 0 Å². The Morgan fingerprint density at radius 1 is 1.19 bits per heavy atom. The lowest BCUT2D eigenvalue weighted by Crippen LogP contribution is -2.18. The summed E-state index contributed by atoms with van der Waals surface area (Å²) in [6.07, 6.45) is 1.59. The fraction of sp³-hybridized carbons (Fsp3) is 0.467. The van der Waals surface area contributed by atoms with Crippen molar-refractivity contribution in [3.63, 3.8) is 0 Å². The van der Waals surface area contributed by atoms with Gasteiger partial charge in [-0.2, -0.15) is 0 Å². The average molecular weight is 291 g/mol. The number of rotatable bonds is 6. The number of hydrogen-bond acceptors (Lipinski definition) is 4. The molecule has 0 bridgehead atoms. The zero-order valence-corrected chi connectivity index (χ0v) is 12.1. The van der Waals surface area contributed by atoms with Gasteiger partial charge < -0.3 is 20.7 Å². The van der Waals surface area contributed by atoms with Crippen molar-refractivity contribution in [1.82, 2.24) is 5.32 Å². The molecule has 0 aliphatic carbocycles. The van der Waals surface area contributed by atoms with Crippen LogP contribution in [0, 0.1) is 5.92 Å². The SMILES string of the molecule is COCC(=O)Nc1ccc(NC(=O)CC2CCNC2)cc1. The van der Waals surface area contributed by atoms with Gasteiger partial charge in [-0.05, 0) is 49.7 Å². The zero-order chi connectivity index (χ0) is 15.1. The molecule has 1 atom stereocenters. The van der Waals surface area contributed by atoms with Gasteiger partial charge in [0.25, 0.3) is 0 Å². The molecule has 0 spiro atoms. The maximum Gasteiger partial charge on any atom is 0.250 e. The number of nitrogens with one attached hydrogen (secondary N) is 3. The molecule has 3 N–H and O–H groups in total. The van der Waals surface area contributed by atoms with E-state index >= 15 is 0 Å². The lowest BCUT2D eigenvalue weighted by atomic mass is 10.0. The summed E-state index contributed by atoms with van der Waals surface area (Å²) < 4.78 is 4.74. The van der Waals surface area contributed by atoms with E-state index in [9.17, 15) is 9.59 Å². The van der Waals surface area contributed by atoms with Gasteiger partial charge in [-0.3, -0.25) is 9.59 Å². The van der Waals surface area contributed by atoms with E-state index in [-0.39, 0.29) is 18.4 Å². The van der Waals surface area contributed by atoms with Crippen LogP contribution in [-0.4, -0.2) is 38.6 Å². The molecule has 0 radical (unpaired) electrons. The third-order valence-electron chi connectivity index (χ3n) is 3.36. The van der Waals surface area contributed by atoms with E-state index in [2.05, 4.69) is 16.0 Å². The first-order valence-corrected chi connectivity index (χ1v) is 7.07. The van der Waals surface area contributed by atoms with Crippen LogP contribution in [0.25, 0.3) is 0 Å². The second-order valence-corrected chi connectivity index (χ2v) is 5.17. The smallest absolute Gasteiger partial charge is 0.250 e. The maximum atomic E-state index is 11.9. The fourth-order valence-corrected chi connectivity index (χ4v) is 2.33. The second kappa shape index (κ2) is 7.75. The summed E-state index contributed by atoms with van der Waals surface area (Å²) in [5.74, 6) is 0.250. The predicted octanol–water partition coefficient (Wildman–Crippen LogP) is 1.21. The third kappa shape index (κ3) is 5.17. The van der Waals surface area contributed by atoms with Gasteiger partial charge >= 0.3 is 0 Å². The Hall–Kier alpha value is -1.92. The number of ether oxygens (including phenoxy) is 1. The molecule has 114 valence electrons. The van der Waals surface area contributed by atoms with E-state index in [1.807, 2.05) is 0 Å². The van der Waals surface area contributed by atoms with Gasteiger partial charge in [0.1, 0.15) is 6.61 Å². The van der Waals surface area contributed by atoms with Crippen LogP contribution in [0.1, 0.15) is 12.8 Å². The minimum Gasteiger partial charge on any atom is -0.375 e. The molecule has 1 aliphatic heterocycles. The predicted molar refractivity (Wildman–Crippen MR) is 81.2 cm³/mol. The molecule has 1 aromatic rings. The van der Waals surface area contributed by atoms with Crippen LogP contribution in [0.3, 0.4) is 0 Å². The van der Waals surface area contributed by atoms with Crippen LogP contribution in [0.15, 0.2) is 24.3 Å². The summed E-state index contributed by atoms with van der Waals surface area (Å²) in [6, 6.07) is 7.04. The highest BCUT2D eigenvalue weighted by Crippen LogP contribution is 2.16. The van der Waals surface area contributed by atoms with Gasteiger partial charge in [-0.15, -0.1) is 0 Å². The Bertz CT molecular complexity index is 481. The van der Waals surface area contributed by atoms with E-state index in [4.69, 9.17) is 4.74 Å². The Balaban J connectivity index is 1.81. The highest BCUT2D eigenvalue weighted by atomic mass is 16.5. The largest absolute Gasteiger partial charge is 0.375 e. The van der Waals surface area contributed by atoms with Crippen molar-refractivity contribution in [2.24, 2.45) is 5.92 Å². The van der Waals surface area contributed by atoms with Crippen LogP contribution < -0.4 is 16.0 Å². The van der Waals surface area contributed by atoms with Crippen molar-refractivity contribution < 1.29 is 14.3 Å². The van der Waals surface area contributed by atoms with Gasteiger partial charge in [-0.1, -0.05) is 0 Å². The lowest BCUT2D eigenvalue weighted by molar-refractivity contribution is -0.119. The van der Waals surface area contributed by atoms with Gasteiger partial charge in [-0.25, -0.2) is 0 Å². The van der Waals surface area contributed by atoms with Crippen molar-refractivity contribution in [1.29, 1.82) is 0 Å². The van der Waals surface area contributed by atoms with Crippen molar-refractivity contribution in [2.75, 3.05) is 37.4 Å². The summed E-state index contributed by atoms with van der Waals surface area (Å²) in [5.41, 5.74) is 1.41. The molecule has 0 saturated carbocycles. The molecular formula is C15H21N3O3. The summed E-state index contributed by atoms with van der Waals surface area (Å²) in [6.45, 7) is 1.93. The van der Waals surface area contributed by atoms with E-state index in [1.165, 1.54) is 7.11 Å². The number of hydrogen-bond donors (Lipinski definition) is 3. The normalized spacial score (nSPS) is 17.5. The Kier molecular flexibility index (Phi) is 5.71. The van der Waals surface area contributed by atoms with Crippen LogP contribution in [0.2, 0.25) is 0 Å². The van der Waals surface area contributed by atoms with Crippen molar-refractivity contribution in [2.45, 2.75) is 12.8 Å². The number of benzene rings is 1. The number of carbonyl (C=O) groups excluding carboxylic acids is 2. The molecule has 1 heterocycles. The number of methoxy groups -OCH3 is 1. The van der Waals surface area contributed by atoms with E-state index < -0.39 is 0 Å². The Morgan fingerprint density at radius 3 is 2.33 bits per heavy atom. The topological polar surface area (TPSA) is 79.5 Å². The summed E-state index contributed by atoms with van der Waals surface area (Å²) in [7, 11) is 1.47. The zero-order valence-electron chi connectivity index (χ0n) is 12.1. The molecule has 2 rings (SSSR count). The third-order valence-corrected chi connectivity index (χ3v) is 3.36. The molecule has 2 amide bonds. The second-order valence-electron chi connectivity index (χ2n) is 5.17. The molecule has 6 nitrogen and oxygen atoms in total. The Labute approximate surface area is 124 Å². The van der Waals surface area contributed by atoms with Gasteiger partial charge in [0.05, 0.1) is 0 Å². The molecule has 0 aromatic heterocycles. The minimum atomic E-state index is -0.206. The summed E-state index contributed by atoms with van der Waals surface area (Å²) in [4.78, 5) is 23.2. The first-order valence-electron chi connectivity index (χ1n) is 7.07. The highest BCUT2D eigenvalue weighted by Gasteiger charge is 2.17. The minimum absolute atomic E-state index is 0.0217. The number of amides is 2. The monoisotopic (exact) mass is 291 g/mol. The van der Waals surface area contributed by atoms with Gasteiger partial charge in [0.15, 0.2) is 0 Å². The van der Waals surface area contributed by atoms with E-state index in [1.54, 1.807) is 24.3 Å². The maximum absolute atomic E-state index is 11.9. The van der Waals surface area contributed by atoms with Crippen molar-refractivity contribution >= 4 is 23.2 Å². The molecule has 1 unspecified atom stereocenters. The van der Waals surface area contributed by atoms with E-state index in [0.717, 1.165) is 25.2 Å². The summed E-state index contributed by atoms with van der Waals surface area (Å²) in [5, 5.41) is 8.81. The van der Waals surface area contributed by atoms with Gasteiger partial charge in [0.2, 0.25) is 11.8 Å². The molecule has 6 heteroatoms. The molecule has 1 aliphatic rings. The number of anilines is 2. The Morgan fingerprint density at radius 2 is 1.81 bits per heavy atom. The molecule has 1 saturated heterocycles. The molecule has 1 aromatic carbocycles. The molecule has 21 heavy (non-hydrogen) atoms. The molecular weight excluding hydrogens is 270 g/mol. The van der Waals surface area contributed by atoms with Crippen LogP contribution >= 0.6 is 0 Å². The van der Waals surface area contributed by atoms with E-state index in [0.29, 0.717) is 18.0 Å². The van der Waals surface area contributed by atoms with Crippen LogP contribution in [-0.2, 0) is 14.3 Å². The van der Waals surface area contributed by atoms with Gasteiger partial charge in [0, 0.05) is 24.9 Å². The first kappa shape index (κ1) is 15.5. The molecule has 1 fully saturated rings. The van der Waals surface area contributed by atoms with Crippen LogP contribution in [0.4, 0.5) is 11.4 Å². The average Bonchev–Trinajstić information content (AvgIpc) is 2.94. The lowest BCUT2D eigenvalue weighted by Gasteiger charge is -2.10. The summed E-state index contributed by atoms with van der Waals surface area (Å²) >= 11 is 0. The van der Waals surface area contributed by atoms with Crippen LogP contribution in [0.5, 0.6) is 0 Å². The quantitative estimate of drug-likeness (QED) is 0.736.